The van der Waals surface area contributed by atoms with Crippen LogP contribution in [0, 0.1) is 11.7 Å². The summed E-state index contributed by atoms with van der Waals surface area (Å²) in [5.41, 5.74) is 1.59. The van der Waals surface area contributed by atoms with Gasteiger partial charge in [-0.1, -0.05) is 13.0 Å². The minimum Gasteiger partial charge on any atom is -0.381 e. The summed E-state index contributed by atoms with van der Waals surface area (Å²) < 4.78 is 20.4. The SMILES string of the molecule is CCNC(=NCc1ccc(N2CCN(CC)CC2)c(F)c1)NCCCOCC1CC1. The van der Waals surface area contributed by atoms with E-state index in [2.05, 4.69) is 32.3 Å². The van der Waals surface area contributed by atoms with Crippen LogP contribution in [0.1, 0.15) is 38.7 Å². The van der Waals surface area contributed by atoms with Gasteiger partial charge in [-0.2, -0.15) is 0 Å². The second-order valence-electron chi connectivity index (χ2n) is 8.20. The van der Waals surface area contributed by atoms with Gasteiger partial charge in [-0.05, 0) is 56.3 Å². The highest BCUT2D eigenvalue weighted by molar-refractivity contribution is 5.79. The van der Waals surface area contributed by atoms with Gasteiger partial charge in [0, 0.05) is 52.5 Å². The van der Waals surface area contributed by atoms with E-state index in [4.69, 9.17) is 4.74 Å². The average Bonchev–Trinajstić information content (AvgIpc) is 3.59. The molecular weight excluding hydrogens is 381 g/mol. The number of likely N-dealkylation sites (N-methyl/N-ethyl adjacent to an activating group) is 1. The summed E-state index contributed by atoms with van der Waals surface area (Å²) in [4.78, 5) is 9.15. The number of piperazine rings is 1. The van der Waals surface area contributed by atoms with Crippen LogP contribution in [0.25, 0.3) is 0 Å². The second-order valence-corrected chi connectivity index (χ2v) is 8.20. The van der Waals surface area contributed by atoms with Gasteiger partial charge in [-0.25, -0.2) is 9.38 Å². The van der Waals surface area contributed by atoms with Gasteiger partial charge in [0.25, 0.3) is 0 Å². The summed E-state index contributed by atoms with van der Waals surface area (Å²) in [5.74, 6) is 1.42. The van der Waals surface area contributed by atoms with Gasteiger partial charge in [0.15, 0.2) is 5.96 Å². The van der Waals surface area contributed by atoms with Gasteiger partial charge in [0.2, 0.25) is 0 Å². The van der Waals surface area contributed by atoms with Crippen molar-refractivity contribution in [1.82, 2.24) is 15.5 Å². The maximum Gasteiger partial charge on any atom is 0.191 e. The van der Waals surface area contributed by atoms with Crippen LogP contribution in [0.2, 0.25) is 0 Å². The van der Waals surface area contributed by atoms with Gasteiger partial charge >= 0.3 is 0 Å². The fourth-order valence-corrected chi connectivity index (χ4v) is 3.64. The van der Waals surface area contributed by atoms with Crippen molar-refractivity contribution in [2.75, 3.05) is 63.9 Å². The Kier molecular flexibility index (Phi) is 9.21. The van der Waals surface area contributed by atoms with Crippen molar-refractivity contribution in [1.29, 1.82) is 0 Å². The Labute approximate surface area is 180 Å². The summed E-state index contributed by atoms with van der Waals surface area (Å²) in [7, 11) is 0. The van der Waals surface area contributed by atoms with Crippen LogP contribution in [0.15, 0.2) is 23.2 Å². The van der Waals surface area contributed by atoms with E-state index in [1.165, 1.54) is 12.8 Å². The summed E-state index contributed by atoms with van der Waals surface area (Å²) in [6.07, 6.45) is 3.60. The Hall–Kier alpha value is -1.86. The first-order valence-electron chi connectivity index (χ1n) is 11.5. The molecule has 2 fully saturated rings. The zero-order chi connectivity index (χ0) is 21.2. The highest BCUT2D eigenvalue weighted by atomic mass is 19.1. The molecule has 2 aliphatic rings. The molecule has 1 aliphatic carbocycles. The summed E-state index contributed by atoms with van der Waals surface area (Å²) in [6.45, 7) is 12.8. The summed E-state index contributed by atoms with van der Waals surface area (Å²) >= 11 is 0. The molecule has 1 aliphatic heterocycles. The lowest BCUT2D eigenvalue weighted by Crippen LogP contribution is -2.46. The summed E-state index contributed by atoms with van der Waals surface area (Å²) in [6, 6.07) is 5.52. The molecule has 1 aromatic rings. The number of anilines is 1. The Morgan fingerprint density at radius 1 is 1.17 bits per heavy atom. The number of halogens is 1. The van der Waals surface area contributed by atoms with Gasteiger partial charge in [0.05, 0.1) is 12.2 Å². The predicted molar refractivity (Wildman–Crippen MR) is 122 cm³/mol. The molecule has 0 spiro atoms. The minimum atomic E-state index is -0.154. The molecule has 30 heavy (non-hydrogen) atoms. The number of aliphatic imine (C=N–C) groups is 1. The molecule has 0 aromatic heterocycles. The van der Waals surface area contributed by atoms with Gasteiger partial charge in [-0.15, -0.1) is 0 Å². The molecule has 0 radical (unpaired) electrons. The third-order valence-corrected chi connectivity index (χ3v) is 5.74. The van der Waals surface area contributed by atoms with E-state index < -0.39 is 0 Å². The number of nitrogens with zero attached hydrogens (tertiary/aromatic N) is 3. The summed E-state index contributed by atoms with van der Waals surface area (Å²) in [5, 5.41) is 6.59. The molecule has 1 heterocycles. The number of hydrogen-bond donors (Lipinski definition) is 2. The quantitative estimate of drug-likeness (QED) is 0.328. The lowest BCUT2D eigenvalue weighted by Gasteiger charge is -2.35. The maximum atomic E-state index is 14.7. The van der Waals surface area contributed by atoms with E-state index in [0.29, 0.717) is 12.2 Å². The largest absolute Gasteiger partial charge is 0.381 e. The van der Waals surface area contributed by atoms with E-state index in [9.17, 15) is 4.39 Å². The number of guanidine groups is 1. The molecule has 0 amide bonds. The van der Waals surface area contributed by atoms with E-state index in [1.807, 2.05) is 19.1 Å². The lowest BCUT2D eigenvalue weighted by molar-refractivity contribution is 0.123. The van der Waals surface area contributed by atoms with E-state index >= 15 is 0 Å². The van der Waals surface area contributed by atoms with Crippen molar-refractivity contribution in [2.24, 2.45) is 10.9 Å². The van der Waals surface area contributed by atoms with Crippen LogP contribution in [0.5, 0.6) is 0 Å². The molecule has 3 rings (SSSR count). The number of hydrogen-bond acceptors (Lipinski definition) is 4. The van der Waals surface area contributed by atoms with Crippen LogP contribution in [-0.4, -0.2) is 69.9 Å². The normalized spacial score (nSPS) is 18.0. The molecule has 0 unspecified atom stereocenters. The van der Waals surface area contributed by atoms with Gasteiger partial charge in [-0.3, -0.25) is 0 Å². The molecular formula is C23H38FN5O. The fourth-order valence-electron chi connectivity index (χ4n) is 3.64. The van der Waals surface area contributed by atoms with Crippen LogP contribution >= 0.6 is 0 Å². The standard InChI is InChI=1S/C23H38FN5O/c1-3-25-23(26-10-5-15-30-18-19-6-7-19)27-17-20-8-9-22(21(24)16-20)29-13-11-28(4-2)12-14-29/h8-9,16,19H,3-7,10-15,17-18H2,1-2H3,(H2,25,26,27). The van der Waals surface area contributed by atoms with Crippen LogP contribution < -0.4 is 15.5 Å². The first-order valence-corrected chi connectivity index (χ1v) is 11.5. The first-order chi connectivity index (χ1) is 14.7. The topological polar surface area (TPSA) is 52.1 Å². The molecule has 6 nitrogen and oxygen atoms in total. The third-order valence-electron chi connectivity index (χ3n) is 5.74. The van der Waals surface area contributed by atoms with Gasteiger partial charge in [0.1, 0.15) is 5.82 Å². The molecule has 0 bridgehead atoms. The smallest absolute Gasteiger partial charge is 0.191 e. The minimum absolute atomic E-state index is 0.154. The van der Waals surface area contributed by atoms with Crippen molar-refractivity contribution in [3.05, 3.63) is 29.6 Å². The molecule has 2 N–H and O–H groups in total. The van der Waals surface area contributed by atoms with Crippen LogP contribution in [0.3, 0.4) is 0 Å². The van der Waals surface area contributed by atoms with Gasteiger partial charge < -0.3 is 25.2 Å². The number of rotatable bonds is 11. The second kappa shape index (κ2) is 12.1. The molecule has 168 valence electrons. The van der Waals surface area contributed by atoms with Crippen molar-refractivity contribution in [3.63, 3.8) is 0 Å². The average molecular weight is 420 g/mol. The molecule has 0 atom stereocenters. The lowest BCUT2D eigenvalue weighted by atomic mass is 10.1. The van der Waals surface area contributed by atoms with Crippen molar-refractivity contribution >= 4 is 11.6 Å². The van der Waals surface area contributed by atoms with E-state index in [1.54, 1.807) is 6.07 Å². The van der Waals surface area contributed by atoms with Crippen molar-refractivity contribution in [3.8, 4) is 0 Å². The third kappa shape index (κ3) is 7.43. The van der Waals surface area contributed by atoms with Crippen LogP contribution in [0.4, 0.5) is 10.1 Å². The Morgan fingerprint density at radius 3 is 2.63 bits per heavy atom. The first kappa shape index (κ1) is 22.8. The number of benzene rings is 1. The number of ether oxygens (including phenoxy) is 1. The Morgan fingerprint density at radius 2 is 1.97 bits per heavy atom. The molecule has 7 heteroatoms. The van der Waals surface area contributed by atoms with E-state index in [0.717, 1.165) is 82.9 Å². The van der Waals surface area contributed by atoms with Crippen molar-refractivity contribution < 1.29 is 9.13 Å². The predicted octanol–water partition coefficient (Wildman–Crippen LogP) is 2.84. The Balaban J connectivity index is 1.45. The van der Waals surface area contributed by atoms with Crippen molar-refractivity contribution in [2.45, 2.75) is 39.7 Å². The Bertz CT molecular complexity index is 672. The zero-order valence-corrected chi connectivity index (χ0v) is 18.6. The highest BCUT2D eigenvalue weighted by Gasteiger charge is 2.21. The number of nitrogens with one attached hydrogen (secondary N) is 2. The van der Waals surface area contributed by atoms with Crippen LogP contribution in [-0.2, 0) is 11.3 Å². The molecule has 1 saturated heterocycles. The molecule has 1 aromatic carbocycles. The monoisotopic (exact) mass is 419 g/mol. The molecule has 1 saturated carbocycles. The fraction of sp³-hybridized carbons (Fsp3) is 0.696. The highest BCUT2D eigenvalue weighted by Crippen LogP contribution is 2.28. The van der Waals surface area contributed by atoms with E-state index in [-0.39, 0.29) is 5.82 Å². The zero-order valence-electron chi connectivity index (χ0n) is 18.6. The maximum absolute atomic E-state index is 14.7.